The quantitative estimate of drug-likeness (QED) is 0.619. The summed E-state index contributed by atoms with van der Waals surface area (Å²) in [6.07, 6.45) is 0.425. The van der Waals surface area contributed by atoms with Crippen LogP contribution in [0.25, 0.3) is 0 Å². The van der Waals surface area contributed by atoms with Crippen LogP contribution in [0.1, 0.15) is 20.3 Å². The molecule has 0 bridgehead atoms. The highest BCUT2D eigenvalue weighted by Crippen LogP contribution is 2.12. The highest BCUT2D eigenvalue weighted by atomic mass is 16.2. The van der Waals surface area contributed by atoms with E-state index in [9.17, 15) is 14.4 Å². The molecule has 0 aromatic carbocycles. The van der Waals surface area contributed by atoms with Crippen molar-refractivity contribution in [1.29, 1.82) is 0 Å². The van der Waals surface area contributed by atoms with Gasteiger partial charge in [0.05, 0.1) is 0 Å². The first kappa shape index (κ1) is 9.70. The Bertz CT molecular complexity index is 238. The number of nitrogens with zero attached hydrogens (tertiary/aromatic N) is 1. The largest absolute Gasteiger partial charge is 0.330 e. The van der Waals surface area contributed by atoms with E-state index < -0.39 is 23.8 Å². The lowest BCUT2D eigenvalue weighted by Crippen LogP contribution is -2.57. The normalized spacial score (nSPS) is 23.4. The SMILES string of the molecule is CCC1C(=O)NC(=O)N(CC)C1=O. The van der Waals surface area contributed by atoms with Gasteiger partial charge in [0, 0.05) is 6.54 Å². The van der Waals surface area contributed by atoms with Gasteiger partial charge >= 0.3 is 6.03 Å². The summed E-state index contributed by atoms with van der Waals surface area (Å²) in [5.41, 5.74) is 0. The number of hydrogen-bond acceptors (Lipinski definition) is 3. The molecule has 0 saturated carbocycles. The van der Waals surface area contributed by atoms with Gasteiger partial charge in [0.2, 0.25) is 11.8 Å². The third-order valence-electron chi connectivity index (χ3n) is 2.08. The number of hydrogen-bond donors (Lipinski definition) is 1. The molecular formula is C8H12N2O3. The Hall–Kier alpha value is -1.39. The molecule has 1 saturated heterocycles. The van der Waals surface area contributed by atoms with Gasteiger partial charge in [-0.2, -0.15) is 0 Å². The first-order valence-corrected chi connectivity index (χ1v) is 4.28. The fourth-order valence-corrected chi connectivity index (χ4v) is 1.32. The average Bonchev–Trinajstić information content (AvgIpc) is 2.04. The zero-order valence-corrected chi connectivity index (χ0v) is 7.66. The van der Waals surface area contributed by atoms with Crippen LogP contribution in [0.15, 0.2) is 0 Å². The van der Waals surface area contributed by atoms with E-state index >= 15 is 0 Å². The first-order valence-electron chi connectivity index (χ1n) is 4.28. The molecular weight excluding hydrogens is 172 g/mol. The Balaban J connectivity index is 2.87. The number of nitrogens with one attached hydrogen (secondary N) is 1. The van der Waals surface area contributed by atoms with Crippen LogP contribution in [0.3, 0.4) is 0 Å². The Morgan fingerprint density at radius 1 is 1.31 bits per heavy atom. The summed E-state index contributed by atoms with van der Waals surface area (Å²) in [4.78, 5) is 34.7. The van der Waals surface area contributed by atoms with E-state index in [1.807, 2.05) is 0 Å². The van der Waals surface area contributed by atoms with E-state index in [1.165, 1.54) is 0 Å². The molecule has 1 heterocycles. The summed E-state index contributed by atoms with van der Waals surface area (Å²) in [5, 5.41) is 2.14. The third kappa shape index (κ3) is 1.54. The molecule has 5 nitrogen and oxygen atoms in total. The predicted octanol–water partition coefficient (Wildman–Crippen LogP) is 0.111. The van der Waals surface area contributed by atoms with E-state index in [0.29, 0.717) is 13.0 Å². The number of barbiturate groups is 1. The summed E-state index contributed by atoms with van der Waals surface area (Å²) in [6, 6.07) is -0.609. The zero-order chi connectivity index (χ0) is 10.0. The van der Waals surface area contributed by atoms with Crippen LogP contribution < -0.4 is 5.32 Å². The molecule has 0 aromatic heterocycles. The predicted molar refractivity (Wildman–Crippen MR) is 44.7 cm³/mol. The monoisotopic (exact) mass is 184 g/mol. The zero-order valence-electron chi connectivity index (χ0n) is 7.66. The minimum atomic E-state index is -0.697. The van der Waals surface area contributed by atoms with Crippen LogP contribution in [-0.4, -0.2) is 29.3 Å². The van der Waals surface area contributed by atoms with Gasteiger partial charge in [-0.25, -0.2) is 4.79 Å². The average molecular weight is 184 g/mol. The fraction of sp³-hybridized carbons (Fsp3) is 0.625. The van der Waals surface area contributed by atoms with Crippen LogP contribution in [0, 0.1) is 5.92 Å². The molecule has 1 aliphatic rings. The molecule has 1 N–H and O–H groups in total. The van der Waals surface area contributed by atoms with E-state index in [0.717, 1.165) is 4.90 Å². The van der Waals surface area contributed by atoms with Crippen molar-refractivity contribution in [2.75, 3.05) is 6.54 Å². The highest BCUT2D eigenvalue weighted by Gasteiger charge is 2.38. The Kier molecular flexibility index (Phi) is 2.65. The van der Waals surface area contributed by atoms with Gasteiger partial charge in [-0.1, -0.05) is 6.92 Å². The minimum absolute atomic E-state index is 0.300. The summed E-state index contributed by atoms with van der Waals surface area (Å²) < 4.78 is 0. The number of urea groups is 1. The second-order valence-corrected chi connectivity index (χ2v) is 2.84. The second kappa shape index (κ2) is 3.55. The molecule has 13 heavy (non-hydrogen) atoms. The molecule has 1 aliphatic heterocycles. The maximum absolute atomic E-state index is 11.5. The van der Waals surface area contributed by atoms with Crippen LogP contribution in [-0.2, 0) is 9.59 Å². The topological polar surface area (TPSA) is 66.5 Å². The van der Waals surface area contributed by atoms with Gasteiger partial charge < -0.3 is 0 Å². The molecule has 0 radical (unpaired) electrons. The molecule has 0 aliphatic carbocycles. The highest BCUT2D eigenvalue weighted by molar-refractivity contribution is 6.16. The van der Waals surface area contributed by atoms with Crippen molar-refractivity contribution >= 4 is 17.8 Å². The Morgan fingerprint density at radius 3 is 2.38 bits per heavy atom. The third-order valence-corrected chi connectivity index (χ3v) is 2.08. The summed E-state index contributed by atoms with van der Waals surface area (Å²) in [5.74, 6) is -1.57. The smallest absolute Gasteiger partial charge is 0.277 e. The van der Waals surface area contributed by atoms with Gasteiger partial charge in [0.15, 0.2) is 0 Å². The van der Waals surface area contributed by atoms with Crippen LogP contribution in [0.2, 0.25) is 0 Å². The Morgan fingerprint density at radius 2 is 1.92 bits per heavy atom. The lowest BCUT2D eigenvalue weighted by Gasteiger charge is -2.28. The number of imide groups is 2. The number of amides is 4. The summed E-state index contributed by atoms with van der Waals surface area (Å²) >= 11 is 0. The molecule has 0 aromatic rings. The number of carbonyl (C=O) groups is 3. The lowest BCUT2D eigenvalue weighted by molar-refractivity contribution is -0.142. The summed E-state index contributed by atoms with van der Waals surface area (Å²) in [6.45, 7) is 3.74. The molecule has 4 amide bonds. The van der Waals surface area contributed by atoms with Gasteiger partial charge in [0.25, 0.3) is 0 Å². The maximum atomic E-state index is 11.5. The Labute approximate surface area is 76.1 Å². The van der Waals surface area contributed by atoms with E-state index in [1.54, 1.807) is 13.8 Å². The van der Waals surface area contributed by atoms with Gasteiger partial charge in [-0.3, -0.25) is 19.8 Å². The molecule has 1 fully saturated rings. The van der Waals surface area contributed by atoms with Gasteiger partial charge in [-0.15, -0.1) is 0 Å². The first-order chi connectivity index (χ1) is 6.11. The molecule has 72 valence electrons. The van der Waals surface area contributed by atoms with Crippen molar-refractivity contribution in [2.45, 2.75) is 20.3 Å². The fourth-order valence-electron chi connectivity index (χ4n) is 1.32. The lowest BCUT2D eigenvalue weighted by atomic mass is 10.0. The second-order valence-electron chi connectivity index (χ2n) is 2.84. The van der Waals surface area contributed by atoms with E-state index in [2.05, 4.69) is 5.32 Å². The van der Waals surface area contributed by atoms with E-state index in [4.69, 9.17) is 0 Å². The van der Waals surface area contributed by atoms with Crippen LogP contribution in [0.4, 0.5) is 4.79 Å². The van der Waals surface area contributed by atoms with Crippen molar-refractivity contribution in [1.82, 2.24) is 10.2 Å². The van der Waals surface area contributed by atoms with Crippen LogP contribution >= 0.6 is 0 Å². The van der Waals surface area contributed by atoms with Gasteiger partial charge in [-0.05, 0) is 13.3 Å². The molecule has 5 heteroatoms. The van der Waals surface area contributed by atoms with Crippen LogP contribution in [0.5, 0.6) is 0 Å². The summed E-state index contributed by atoms with van der Waals surface area (Å²) in [7, 11) is 0. The minimum Gasteiger partial charge on any atom is -0.277 e. The molecule has 1 unspecified atom stereocenters. The molecule has 0 spiro atoms. The molecule has 1 atom stereocenters. The maximum Gasteiger partial charge on any atom is 0.330 e. The van der Waals surface area contributed by atoms with E-state index in [-0.39, 0.29) is 0 Å². The molecule has 1 rings (SSSR count). The standard InChI is InChI=1S/C8H12N2O3/c1-3-5-6(11)9-8(13)10(4-2)7(5)12/h5H,3-4H2,1-2H3,(H,9,11,13). The van der Waals surface area contributed by atoms with Crippen molar-refractivity contribution in [3.8, 4) is 0 Å². The number of rotatable bonds is 2. The van der Waals surface area contributed by atoms with Crippen molar-refractivity contribution in [2.24, 2.45) is 5.92 Å². The number of carbonyl (C=O) groups excluding carboxylic acids is 3. The van der Waals surface area contributed by atoms with Crippen molar-refractivity contribution < 1.29 is 14.4 Å². The van der Waals surface area contributed by atoms with Crippen molar-refractivity contribution in [3.63, 3.8) is 0 Å². The van der Waals surface area contributed by atoms with Crippen molar-refractivity contribution in [3.05, 3.63) is 0 Å². The van der Waals surface area contributed by atoms with Gasteiger partial charge in [0.1, 0.15) is 5.92 Å².